The third-order valence-corrected chi connectivity index (χ3v) is 5.14. The molecule has 0 radical (unpaired) electrons. The lowest BCUT2D eigenvalue weighted by Gasteiger charge is -2.25. The number of carbonyl (C=O) groups excluding carboxylic acids is 2. The molecule has 1 rings (SSSR count). The first kappa shape index (κ1) is 22.7. The Hall–Kier alpha value is -1.32. The third kappa shape index (κ3) is 7.92. The number of hydrogen-bond acceptors (Lipinski definition) is 4. The standard InChI is InChI=1S/C22H38O4/c1-4-7-8-9-10-14-17-19(21(23)25-5-2)20(22(24)26-6-3)18-15-12-11-13-16-18/h18H,4-17H2,1-3H3/b20-19-. The minimum atomic E-state index is -0.324. The van der Waals surface area contributed by atoms with Crippen LogP contribution >= 0.6 is 0 Å². The molecule has 26 heavy (non-hydrogen) atoms. The van der Waals surface area contributed by atoms with Gasteiger partial charge in [-0.2, -0.15) is 0 Å². The Balaban J connectivity index is 2.94. The SMILES string of the molecule is CCCCCCCC/C(C(=O)OCC)=C(/C(=O)OCC)C1CCCCC1. The normalized spacial score (nSPS) is 16.1. The lowest BCUT2D eigenvalue weighted by atomic mass is 9.80. The van der Waals surface area contributed by atoms with Crippen molar-refractivity contribution in [2.45, 2.75) is 97.8 Å². The molecule has 0 aromatic carbocycles. The fourth-order valence-electron chi connectivity index (χ4n) is 3.78. The molecule has 0 aromatic rings. The smallest absolute Gasteiger partial charge is 0.334 e. The van der Waals surface area contributed by atoms with Crippen molar-refractivity contribution in [3.8, 4) is 0 Å². The van der Waals surface area contributed by atoms with E-state index in [2.05, 4.69) is 6.92 Å². The van der Waals surface area contributed by atoms with Gasteiger partial charge in [0, 0.05) is 5.57 Å². The molecule has 1 aliphatic carbocycles. The summed E-state index contributed by atoms with van der Waals surface area (Å²) in [4.78, 5) is 25.3. The van der Waals surface area contributed by atoms with Crippen LogP contribution in [0.5, 0.6) is 0 Å². The first-order valence-corrected chi connectivity index (χ1v) is 10.7. The van der Waals surface area contributed by atoms with E-state index in [1.165, 1.54) is 32.1 Å². The fraction of sp³-hybridized carbons (Fsp3) is 0.818. The summed E-state index contributed by atoms with van der Waals surface area (Å²) in [6.45, 7) is 6.50. The summed E-state index contributed by atoms with van der Waals surface area (Å²) < 4.78 is 10.6. The summed E-state index contributed by atoms with van der Waals surface area (Å²) >= 11 is 0. The van der Waals surface area contributed by atoms with Crippen molar-refractivity contribution < 1.29 is 19.1 Å². The van der Waals surface area contributed by atoms with Crippen LogP contribution < -0.4 is 0 Å². The maximum Gasteiger partial charge on any atom is 0.334 e. The van der Waals surface area contributed by atoms with Crippen molar-refractivity contribution in [2.24, 2.45) is 5.92 Å². The molecule has 0 aliphatic heterocycles. The van der Waals surface area contributed by atoms with Crippen LogP contribution in [-0.2, 0) is 19.1 Å². The highest BCUT2D eigenvalue weighted by molar-refractivity contribution is 6.00. The van der Waals surface area contributed by atoms with E-state index in [1.807, 2.05) is 13.8 Å². The summed E-state index contributed by atoms with van der Waals surface area (Å²) in [6, 6.07) is 0. The first-order chi connectivity index (χ1) is 12.7. The molecule has 4 heteroatoms. The predicted octanol–water partition coefficient (Wildman–Crippen LogP) is 5.74. The number of rotatable bonds is 12. The number of ether oxygens (including phenoxy) is 2. The molecule has 0 saturated heterocycles. The number of carbonyl (C=O) groups is 2. The summed E-state index contributed by atoms with van der Waals surface area (Å²) in [5.41, 5.74) is 1.19. The maximum atomic E-state index is 12.7. The van der Waals surface area contributed by atoms with E-state index < -0.39 is 0 Å². The van der Waals surface area contributed by atoms with Gasteiger partial charge >= 0.3 is 11.9 Å². The number of unbranched alkanes of at least 4 members (excludes halogenated alkanes) is 5. The van der Waals surface area contributed by atoms with Crippen molar-refractivity contribution in [2.75, 3.05) is 13.2 Å². The Bertz CT molecular complexity index is 447. The molecule has 1 aliphatic rings. The molecule has 0 unspecified atom stereocenters. The lowest BCUT2D eigenvalue weighted by Crippen LogP contribution is -2.24. The third-order valence-electron chi connectivity index (χ3n) is 5.14. The predicted molar refractivity (Wildman–Crippen MR) is 105 cm³/mol. The number of esters is 2. The van der Waals surface area contributed by atoms with Crippen molar-refractivity contribution in [1.82, 2.24) is 0 Å². The van der Waals surface area contributed by atoms with Crippen molar-refractivity contribution in [3.05, 3.63) is 11.1 Å². The van der Waals surface area contributed by atoms with Crippen molar-refractivity contribution >= 4 is 11.9 Å². The highest BCUT2D eigenvalue weighted by Crippen LogP contribution is 2.34. The van der Waals surface area contributed by atoms with Gasteiger partial charge in [-0.25, -0.2) is 9.59 Å². The Morgan fingerprint density at radius 2 is 1.35 bits per heavy atom. The molecule has 0 N–H and O–H groups in total. The summed E-state index contributed by atoms with van der Waals surface area (Å²) in [5.74, 6) is -0.495. The van der Waals surface area contributed by atoms with E-state index in [0.717, 1.165) is 38.5 Å². The summed E-state index contributed by atoms with van der Waals surface area (Å²) in [5, 5.41) is 0. The second-order valence-electron chi connectivity index (χ2n) is 7.19. The molecule has 4 nitrogen and oxygen atoms in total. The molecule has 1 fully saturated rings. The monoisotopic (exact) mass is 366 g/mol. The van der Waals surface area contributed by atoms with Gasteiger partial charge in [0.1, 0.15) is 0 Å². The fourth-order valence-corrected chi connectivity index (χ4v) is 3.78. The average Bonchev–Trinajstić information content (AvgIpc) is 2.64. The molecular weight excluding hydrogens is 328 g/mol. The van der Waals surface area contributed by atoms with Crippen LogP contribution in [0.25, 0.3) is 0 Å². The van der Waals surface area contributed by atoms with Crippen LogP contribution in [-0.4, -0.2) is 25.2 Å². The molecule has 0 atom stereocenters. The van der Waals surface area contributed by atoms with E-state index in [-0.39, 0.29) is 17.9 Å². The van der Waals surface area contributed by atoms with Crippen LogP contribution in [0.4, 0.5) is 0 Å². The van der Waals surface area contributed by atoms with Gasteiger partial charge < -0.3 is 9.47 Å². The second kappa shape index (κ2) is 13.8. The largest absolute Gasteiger partial charge is 0.463 e. The van der Waals surface area contributed by atoms with Gasteiger partial charge in [-0.1, -0.05) is 58.3 Å². The zero-order chi connectivity index (χ0) is 19.2. The van der Waals surface area contributed by atoms with Gasteiger partial charge in [-0.05, 0) is 45.4 Å². The van der Waals surface area contributed by atoms with Crippen LogP contribution in [0.15, 0.2) is 11.1 Å². The van der Waals surface area contributed by atoms with Gasteiger partial charge in [-0.3, -0.25) is 0 Å². The van der Waals surface area contributed by atoms with Crippen LogP contribution in [0.2, 0.25) is 0 Å². The van der Waals surface area contributed by atoms with E-state index in [9.17, 15) is 9.59 Å². The van der Waals surface area contributed by atoms with E-state index in [4.69, 9.17) is 9.47 Å². The second-order valence-corrected chi connectivity index (χ2v) is 7.19. The zero-order valence-electron chi connectivity index (χ0n) is 17.1. The van der Waals surface area contributed by atoms with E-state index in [1.54, 1.807) is 0 Å². The topological polar surface area (TPSA) is 52.6 Å². The van der Waals surface area contributed by atoms with E-state index >= 15 is 0 Å². The highest BCUT2D eigenvalue weighted by Gasteiger charge is 2.30. The molecule has 150 valence electrons. The van der Waals surface area contributed by atoms with Crippen LogP contribution in [0.1, 0.15) is 97.8 Å². The Labute approximate surface area is 159 Å². The molecule has 0 heterocycles. The minimum absolute atomic E-state index is 0.141. The molecular formula is C22H38O4. The lowest BCUT2D eigenvalue weighted by molar-refractivity contribution is -0.142. The minimum Gasteiger partial charge on any atom is -0.463 e. The average molecular weight is 367 g/mol. The summed E-state index contributed by atoms with van der Waals surface area (Å²) in [6.07, 6.45) is 12.9. The van der Waals surface area contributed by atoms with Gasteiger partial charge in [-0.15, -0.1) is 0 Å². The highest BCUT2D eigenvalue weighted by atomic mass is 16.5. The van der Waals surface area contributed by atoms with Gasteiger partial charge in [0.05, 0.1) is 18.8 Å². The van der Waals surface area contributed by atoms with Gasteiger partial charge in [0.15, 0.2) is 0 Å². The quantitative estimate of drug-likeness (QED) is 0.251. The van der Waals surface area contributed by atoms with Gasteiger partial charge in [0.25, 0.3) is 0 Å². The van der Waals surface area contributed by atoms with Crippen molar-refractivity contribution in [3.63, 3.8) is 0 Å². The molecule has 0 aromatic heterocycles. The molecule has 0 spiro atoms. The van der Waals surface area contributed by atoms with Gasteiger partial charge in [0.2, 0.25) is 0 Å². The molecule has 1 saturated carbocycles. The Morgan fingerprint density at radius 3 is 1.96 bits per heavy atom. The van der Waals surface area contributed by atoms with Crippen molar-refractivity contribution in [1.29, 1.82) is 0 Å². The van der Waals surface area contributed by atoms with E-state index in [0.29, 0.717) is 30.8 Å². The zero-order valence-corrected chi connectivity index (χ0v) is 17.1. The molecule has 0 amide bonds. The summed E-state index contributed by atoms with van der Waals surface area (Å²) in [7, 11) is 0. The Morgan fingerprint density at radius 1 is 0.769 bits per heavy atom. The Kier molecular flexibility index (Phi) is 12.1. The number of hydrogen-bond donors (Lipinski definition) is 0. The first-order valence-electron chi connectivity index (χ1n) is 10.7. The molecule has 0 bridgehead atoms. The van der Waals surface area contributed by atoms with Crippen LogP contribution in [0, 0.1) is 5.92 Å². The van der Waals surface area contributed by atoms with Crippen LogP contribution in [0.3, 0.4) is 0 Å². The maximum absolute atomic E-state index is 12.7.